The summed E-state index contributed by atoms with van der Waals surface area (Å²) < 4.78 is 0. The van der Waals surface area contributed by atoms with Crippen molar-refractivity contribution in [1.29, 1.82) is 0 Å². The van der Waals surface area contributed by atoms with Crippen molar-refractivity contribution < 1.29 is 14.7 Å². The second-order valence-electron chi connectivity index (χ2n) is 5.47. The van der Waals surface area contributed by atoms with Gasteiger partial charge in [0, 0.05) is 5.92 Å². The fraction of sp³-hybridized carbons (Fsp3) is 0.467. The number of benzene rings is 1. The Morgan fingerprint density at radius 2 is 1.89 bits per heavy atom. The average molecular weight is 261 g/mol. The fourth-order valence-corrected chi connectivity index (χ4v) is 2.05. The average Bonchev–Trinajstić information content (AvgIpc) is 3.13. The second-order valence-corrected chi connectivity index (χ2v) is 5.47. The number of amides is 1. The van der Waals surface area contributed by atoms with Crippen LogP contribution in [0.1, 0.15) is 30.9 Å². The largest absolute Gasteiger partial charge is 0.480 e. The zero-order chi connectivity index (χ0) is 14.0. The van der Waals surface area contributed by atoms with E-state index in [1.54, 1.807) is 0 Å². The van der Waals surface area contributed by atoms with Crippen LogP contribution in [0, 0.1) is 12.8 Å². The molecule has 1 atom stereocenters. The van der Waals surface area contributed by atoms with E-state index in [4.69, 9.17) is 5.11 Å². The molecule has 0 saturated heterocycles. The zero-order valence-corrected chi connectivity index (χ0v) is 11.3. The molecule has 2 rings (SSSR count). The van der Waals surface area contributed by atoms with E-state index in [0.717, 1.165) is 5.56 Å². The topological polar surface area (TPSA) is 66.4 Å². The molecule has 0 bridgehead atoms. The predicted molar refractivity (Wildman–Crippen MR) is 71.8 cm³/mol. The molecule has 0 radical (unpaired) electrons. The SMILES string of the molecule is Cc1ccc(CC(C)C(=O)NC2(C(=O)O)CC2)cc1. The number of carbonyl (C=O) groups is 2. The minimum Gasteiger partial charge on any atom is -0.480 e. The Labute approximate surface area is 112 Å². The predicted octanol–water partition coefficient (Wildman–Crippen LogP) is 1.91. The van der Waals surface area contributed by atoms with Crippen molar-refractivity contribution in [3.8, 4) is 0 Å². The zero-order valence-electron chi connectivity index (χ0n) is 11.3. The lowest BCUT2D eigenvalue weighted by molar-refractivity contribution is -0.143. The van der Waals surface area contributed by atoms with Gasteiger partial charge in [0.25, 0.3) is 0 Å². The van der Waals surface area contributed by atoms with Gasteiger partial charge in [-0.25, -0.2) is 4.79 Å². The summed E-state index contributed by atoms with van der Waals surface area (Å²) in [6, 6.07) is 8.03. The second kappa shape index (κ2) is 5.03. The molecule has 2 N–H and O–H groups in total. The molecule has 1 unspecified atom stereocenters. The van der Waals surface area contributed by atoms with Crippen LogP contribution in [0.4, 0.5) is 0 Å². The third-order valence-electron chi connectivity index (χ3n) is 3.63. The van der Waals surface area contributed by atoms with Crippen molar-refractivity contribution in [3.63, 3.8) is 0 Å². The molecule has 0 aromatic heterocycles. The maximum atomic E-state index is 12.0. The molecule has 1 amide bonds. The first-order valence-electron chi connectivity index (χ1n) is 6.54. The molecule has 1 aliphatic rings. The molecule has 4 heteroatoms. The highest BCUT2D eigenvalue weighted by Crippen LogP contribution is 2.35. The van der Waals surface area contributed by atoms with Gasteiger partial charge in [-0.15, -0.1) is 0 Å². The third-order valence-corrected chi connectivity index (χ3v) is 3.63. The lowest BCUT2D eigenvalue weighted by Gasteiger charge is -2.17. The van der Waals surface area contributed by atoms with Gasteiger partial charge in [-0.3, -0.25) is 4.79 Å². The van der Waals surface area contributed by atoms with Crippen molar-refractivity contribution in [1.82, 2.24) is 5.32 Å². The van der Waals surface area contributed by atoms with Crippen molar-refractivity contribution in [2.75, 3.05) is 0 Å². The van der Waals surface area contributed by atoms with E-state index in [2.05, 4.69) is 5.32 Å². The van der Waals surface area contributed by atoms with E-state index in [1.807, 2.05) is 38.1 Å². The number of nitrogens with one attached hydrogen (secondary N) is 1. The lowest BCUT2D eigenvalue weighted by Crippen LogP contribution is -2.45. The van der Waals surface area contributed by atoms with Crippen LogP contribution in [-0.2, 0) is 16.0 Å². The molecular formula is C15H19NO3. The highest BCUT2D eigenvalue weighted by Gasteiger charge is 2.51. The first kappa shape index (κ1) is 13.6. The molecule has 102 valence electrons. The molecule has 1 aromatic rings. The van der Waals surface area contributed by atoms with Crippen LogP contribution < -0.4 is 5.32 Å². The number of aliphatic carboxylic acids is 1. The molecule has 1 fully saturated rings. The van der Waals surface area contributed by atoms with Gasteiger partial charge in [-0.05, 0) is 31.7 Å². The molecule has 1 aromatic carbocycles. The normalized spacial score (nSPS) is 17.6. The van der Waals surface area contributed by atoms with Crippen molar-refractivity contribution >= 4 is 11.9 Å². The molecule has 1 saturated carbocycles. The quantitative estimate of drug-likeness (QED) is 0.850. The van der Waals surface area contributed by atoms with Gasteiger partial charge in [0.1, 0.15) is 5.54 Å². The van der Waals surface area contributed by atoms with E-state index in [0.29, 0.717) is 19.3 Å². The van der Waals surface area contributed by atoms with Gasteiger partial charge < -0.3 is 10.4 Å². The van der Waals surface area contributed by atoms with E-state index in [9.17, 15) is 9.59 Å². The maximum absolute atomic E-state index is 12.0. The van der Waals surface area contributed by atoms with Crippen molar-refractivity contribution in [2.45, 2.75) is 38.6 Å². The molecule has 0 heterocycles. The molecule has 4 nitrogen and oxygen atoms in total. The van der Waals surface area contributed by atoms with Gasteiger partial charge in [0.05, 0.1) is 0 Å². The van der Waals surface area contributed by atoms with Crippen LogP contribution in [0.15, 0.2) is 24.3 Å². The summed E-state index contributed by atoms with van der Waals surface area (Å²) in [5.41, 5.74) is 1.29. The van der Waals surface area contributed by atoms with Gasteiger partial charge in [0.15, 0.2) is 0 Å². The standard InChI is InChI=1S/C15H19NO3/c1-10-3-5-12(6-4-10)9-11(2)13(17)16-15(7-8-15)14(18)19/h3-6,11H,7-9H2,1-2H3,(H,16,17)(H,18,19). The lowest BCUT2D eigenvalue weighted by atomic mass is 9.99. The minimum atomic E-state index is -0.987. The number of hydrogen-bond donors (Lipinski definition) is 2. The summed E-state index contributed by atoms with van der Waals surface area (Å²) in [5, 5.41) is 11.7. The van der Waals surface area contributed by atoms with Gasteiger partial charge in [0.2, 0.25) is 5.91 Å². The Morgan fingerprint density at radius 1 is 1.32 bits per heavy atom. The number of carboxylic acids is 1. The van der Waals surface area contributed by atoms with Gasteiger partial charge >= 0.3 is 5.97 Å². The van der Waals surface area contributed by atoms with Crippen LogP contribution in [0.25, 0.3) is 0 Å². The van der Waals surface area contributed by atoms with Crippen LogP contribution in [0.2, 0.25) is 0 Å². The monoisotopic (exact) mass is 261 g/mol. The number of rotatable bonds is 5. The first-order valence-corrected chi connectivity index (χ1v) is 6.54. The molecule has 0 spiro atoms. The van der Waals surface area contributed by atoms with E-state index >= 15 is 0 Å². The third kappa shape index (κ3) is 3.13. The van der Waals surface area contributed by atoms with E-state index in [-0.39, 0.29) is 11.8 Å². The van der Waals surface area contributed by atoms with Crippen LogP contribution >= 0.6 is 0 Å². The Bertz CT molecular complexity index is 489. The number of aryl methyl sites for hydroxylation is 1. The Morgan fingerprint density at radius 3 is 2.37 bits per heavy atom. The van der Waals surface area contributed by atoms with E-state index in [1.165, 1.54) is 5.56 Å². The minimum absolute atomic E-state index is 0.180. The van der Waals surface area contributed by atoms with Gasteiger partial charge in [-0.1, -0.05) is 36.8 Å². The summed E-state index contributed by atoms with van der Waals surface area (Å²) in [5.74, 6) is -1.33. The van der Waals surface area contributed by atoms with Crippen LogP contribution in [0.3, 0.4) is 0 Å². The molecular weight excluding hydrogens is 242 g/mol. The van der Waals surface area contributed by atoms with Gasteiger partial charge in [-0.2, -0.15) is 0 Å². The summed E-state index contributed by atoms with van der Waals surface area (Å²) in [6.07, 6.45) is 1.69. The summed E-state index contributed by atoms with van der Waals surface area (Å²) in [6.45, 7) is 3.84. The smallest absolute Gasteiger partial charge is 0.329 e. The first-order chi connectivity index (χ1) is 8.93. The number of hydrogen-bond acceptors (Lipinski definition) is 2. The Balaban J connectivity index is 1.93. The van der Waals surface area contributed by atoms with Crippen LogP contribution in [-0.4, -0.2) is 22.5 Å². The summed E-state index contributed by atoms with van der Waals surface area (Å²) in [7, 11) is 0. The fourth-order valence-electron chi connectivity index (χ4n) is 2.05. The Hall–Kier alpha value is -1.84. The molecule has 1 aliphatic carbocycles. The van der Waals surface area contributed by atoms with Crippen molar-refractivity contribution in [3.05, 3.63) is 35.4 Å². The Kier molecular flexibility index (Phi) is 3.60. The van der Waals surface area contributed by atoms with E-state index < -0.39 is 11.5 Å². The molecule has 19 heavy (non-hydrogen) atoms. The highest BCUT2D eigenvalue weighted by atomic mass is 16.4. The molecule has 0 aliphatic heterocycles. The van der Waals surface area contributed by atoms with Crippen molar-refractivity contribution in [2.24, 2.45) is 5.92 Å². The number of carboxylic acid groups (broad SMARTS) is 1. The van der Waals surface area contributed by atoms with Crippen LogP contribution in [0.5, 0.6) is 0 Å². The number of carbonyl (C=O) groups excluding carboxylic acids is 1. The highest BCUT2D eigenvalue weighted by molar-refractivity contribution is 5.90. The summed E-state index contributed by atoms with van der Waals surface area (Å²) in [4.78, 5) is 23.0. The maximum Gasteiger partial charge on any atom is 0.329 e. The summed E-state index contributed by atoms with van der Waals surface area (Å²) >= 11 is 0.